The van der Waals surface area contributed by atoms with E-state index in [1.165, 1.54) is 0 Å². The minimum Gasteiger partial charge on any atom is -0.314 e. The first-order chi connectivity index (χ1) is 9.91. The monoisotopic (exact) mass is 406 g/mol. The van der Waals surface area contributed by atoms with Gasteiger partial charge in [0.15, 0.2) is 4.31 Å². The summed E-state index contributed by atoms with van der Waals surface area (Å²) in [7, 11) is -15.6. The van der Waals surface area contributed by atoms with Crippen LogP contribution in [0.15, 0.2) is 0 Å². The van der Waals surface area contributed by atoms with Crippen LogP contribution in [-0.2, 0) is 31.5 Å². The van der Waals surface area contributed by atoms with Crippen molar-refractivity contribution in [1.29, 1.82) is 0 Å². The zero-order chi connectivity index (χ0) is 17.4. The molecule has 0 aliphatic carbocycles. The molecule has 14 nitrogen and oxygen atoms in total. The molecule has 1 rings (SSSR count). The maximum absolute atomic E-state index is 11.1. The number of nitrogens with one attached hydrogen (secondary N) is 1. The maximum atomic E-state index is 11.1. The van der Waals surface area contributed by atoms with Gasteiger partial charge in [-0.25, -0.2) is 9.13 Å². The molecule has 0 aromatic carbocycles. The molecule has 3 atom stereocenters. The zero-order valence-electron chi connectivity index (χ0n) is 10.7. The van der Waals surface area contributed by atoms with Gasteiger partial charge >= 0.3 is 32.2 Å². The van der Waals surface area contributed by atoms with E-state index in [0.717, 1.165) is 5.06 Å². The van der Waals surface area contributed by atoms with Gasteiger partial charge in [0.1, 0.15) is 0 Å². The number of rotatable bonds is 6. The summed E-state index contributed by atoms with van der Waals surface area (Å²) in [4.78, 5) is 40.9. The van der Waals surface area contributed by atoms with Gasteiger partial charge in [0.05, 0.1) is 0 Å². The Morgan fingerprint density at radius 1 is 1.00 bits per heavy atom. The summed E-state index contributed by atoms with van der Waals surface area (Å²) in [5.74, 6) is 0. The SMILES string of the molecule is O=P(O)(O)OP(=O)(O)ON1CCNCC1.O=[P+](O)O[P+](=O)O. The second-order valence-electron chi connectivity index (χ2n) is 3.36. The summed E-state index contributed by atoms with van der Waals surface area (Å²) < 4.78 is 51.6. The van der Waals surface area contributed by atoms with Crippen molar-refractivity contribution in [2.24, 2.45) is 0 Å². The van der Waals surface area contributed by atoms with E-state index >= 15 is 0 Å². The van der Waals surface area contributed by atoms with Gasteiger partial charge in [-0.3, -0.25) is 0 Å². The molecule has 6 N–H and O–H groups in total. The van der Waals surface area contributed by atoms with Crippen molar-refractivity contribution in [3.8, 4) is 0 Å². The molecule has 0 amide bonds. The maximum Gasteiger partial charge on any atom is 0.745 e. The van der Waals surface area contributed by atoms with Crippen molar-refractivity contribution < 1.29 is 56.0 Å². The van der Waals surface area contributed by atoms with E-state index in [2.05, 4.69) is 18.6 Å². The van der Waals surface area contributed by atoms with Crippen molar-refractivity contribution in [2.45, 2.75) is 0 Å². The summed E-state index contributed by atoms with van der Waals surface area (Å²) in [6.07, 6.45) is 0. The van der Waals surface area contributed by atoms with Gasteiger partial charge in [0.2, 0.25) is 0 Å². The van der Waals surface area contributed by atoms with Crippen molar-refractivity contribution in [1.82, 2.24) is 10.4 Å². The lowest BCUT2D eigenvalue weighted by Gasteiger charge is -2.27. The minimum atomic E-state index is -5.04. The third-order valence-electron chi connectivity index (χ3n) is 1.64. The van der Waals surface area contributed by atoms with Crippen LogP contribution in [0.3, 0.4) is 0 Å². The standard InChI is InChI=1S/C4H12N2O7P2.O5P2/c7-14(8,9)13-15(10,11)12-6-3-1-5-2-4-6;1-6(2)5-7(3)4/h5H,1-4H2,(H,10,11)(H2,7,8,9);/p+2. The van der Waals surface area contributed by atoms with Crippen LogP contribution in [0.1, 0.15) is 0 Å². The Bertz CT molecular complexity index is 460. The fourth-order valence-corrected chi connectivity index (χ4v) is 3.21. The number of hydrogen-bond donors (Lipinski definition) is 6. The Labute approximate surface area is 125 Å². The molecule has 1 fully saturated rings. The second kappa shape index (κ2) is 10.2. The van der Waals surface area contributed by atoms with Crippen molar-refractivity contribution >= 4 is 32.2 Å². The highest BCUT2D eigenvalue weighted by molar-refractivity contribution is 7.60. The van der Waals surface area contributed by atoms with E-state index in [-0.39, 0.29) is 0 Å². The van der Waals surface area contributed by atoms with Gasteiger partial charge in [0.25, 0.3) is 0 Å². The molecule has 0 saturated carbocycles. The van der Waals surface area contributed by atoms with Crippen LogP contribution in [0.5, 0.6) is 0 Å². The Hall–Kier alpha value is 0.260. The fourth-order valence-electron chi connectivity index (χ4n) is 1.08. The van der Waals surface area contributed by atoms with E-state index in [4.69, 9.17) is 24.5 Å². The fraction of sp³-hybridized carbons (Fsp3) is 1.00. The zero-order valence-corrected chi connectivity index (χ0v) is 14.2. The number of piperazine rings is 1. The average molecular weight is 406 g/mol. The molecule has 0 bridgehead atoms. The highest BCUT2D eigenvalue weighted by atomic mass is 31.3. The molecule has 22 heavy (non-hydrogen) atoms. The Morgan fingerprint density at radius 2 is 1.45 bits per heavy atom. The predicted molar refractivity (Wildman–Crippen MR) is 69.2 cm³/mol. The second-order valence-corrected chi connectivity index (χ2v) is 7.70. The third kappa shape index (κ3) is 13.9. The quantitative estimate of drug-likeness (QED) is 0.302. The summed E-state index contributed by atoms with van der Waals surface area (Å²) in [6.45, 7) is 1.76. The van der Waals surface area contributed by atoms with Crippen LogP contribution in [-0.4, -0.2) is 55.7 Å². The molecular weight excluding hydrogens is 392 g/mol. The summed E-state index contributed by atoms with van der Waals surface area (Å²) in [6, 6.07) is 0. The highest BCUT2D eigenvalue weighted by Crippen LogP contribution is 2.57. The molecule has 1 aliphatic heterocycles. The first-order valence-electron chi connectivity index (χ1n) is 5.17. The molecular formula is C4H14N2O12P4+2. The first-order valence-corrected chi connectivity index (χ1v) is 10.5. The summed E-state index contributed by atoms with van der Waals surface area (Å²) in [5, 5.41) is 4.08. The van der Waals surface area contributed by atoms with Crippen LogP contribution in [0.4, 0.5) is 0 Å². The van der Waals surface area contributed by atoms with Crippen LogP contribution in [0, 0.1) is 0 Å². The highest BCUT2D eigenvalue weighted by Gasteiger charge is 2.35. The van der Waals surface area contributed by atoms with E-state index in [9.17, 15) is 18.3 Å². The smallest absolute Gasteiger partial charge is 0.314 e. The van der Waals surface area contributed by atoms with Crippen LogP contribution >= 0.6 is 32.2 Å². The van der Waals surface area contributed by atoms with Gasteiger partial charge in [-0.2, -0.15) is 14.0 Å². The molecule has 0 aromatic rings. The molecule has 0 aromatic heterocycles. The van der Waals surface area contributed by atoms with Gasteiger partial charge in [0, 0.05) is 35.3 Å². The van der Waals surface area contributed by atoms with E-state index in [1.54, 1.807) is 0 Å². The average Bonchev–Trinajstić information content (AvgIpc) is 2.24. The number of hydroxylamine groups is 2. The third-order valence-corrected chi connectivity index (χ3v) is 4.88. The van der Waals surface area contributed by atoms with Crippen molar-refractivity contribution in [2.75, 3.05) is 26.2 Å². The molecule has 0 spiro atoms. The van der Waals surface area contributed by atoms with Crippen molar-refractivity contribution in [3.05, 3.63) is 0 Å². The molecule has 130 valence electrons. The van der Waals surface area contributed by atoms with E-state index in [0.29, 0.717) is 26.2 Å². The van der Waals surface area contributed by atoms with E-state index in [1.807, 2.05) is 0 Å². The Kier molecular flexibility index (Phi) is 10.3. The minimum absolute atomic E-state index is 0.328. The Morgan fingerprint density at radius 3 is 1.77 bits per heavy atom. The first kappa shape index (κ1) is 22.3. The van der Waals surface area contributed by atoms with Gasteiger partial charge in [-0.05, 0) is 0 Å². The van der Waals surface area contributed by atoms with Crippen LogP contribution < -0.4 is 5.32 Å². The largest absolute Gasteiger partial charge is 0.745 e. The molecule has 18 heteroatoms. The molecule has 1 saturated heterocycles. The molecule has 0 radical (unpaired) electrons. The van der Waals surface area contributed by atoms with Crippen LogP contribution in [0.2, 0.25) is 0 Å². The topological polar surface area (TPSA) is 212 Å². The number of hydrogen-bond acceptors (Lipinski definition) is 9. The summed E-state index contributed by atoms with van der Waals surface area (Å²) >= 11 is 0. The van der Waals surface area contributed by atoms with Gasteiger partial charge < -0.3 is 20.0 Å². The Balaban J connectivity index is 0.000000534. The van der Waals surface area contributed by atoms with Crippen molar-refractivity contribution in [3.63, 3.8) is 0 Å². The van der Waals surface area contributed by atoms with Crippen LogP contribution in [0.25, 0.3) is 0 Å². The molecule has 1 heterocycles. The molecule has 1 aliphatic rings. The van der Waals surface area contributed by atoms with E-state index < -0.39 is 32.2 Å². The lowest BCUT2D eigenvalue weighted by atomic mass is 10.4. The normalized spacial score (nSPS) is 20.4. The lowest BCUT2D eigenvalue weighted by Crippen LogP contribution is -2.42. The van der Waals surface area contributed by atoms with Gasteiger partial charge in [-0.15, -0.1) is 9.79 Å². The number of nitrogens with zero attached hydrogens (tertiary/aromatic N) is 1. The number of phosphoric acid groups is 2. The lowest BCUT2D eigenvalue weighted by molar-refractivity contribution is -0.0870. The summed E-state index contributed by atoms with van der Waals surface area (Å²) in [5.41, 5.74) is 0. The molecule has 3 unspecified atom stereocenters. The predicted octanol–water partition coefficient (Wildman–Crippen LogP) is -0.665. The van der Waals surface area contributed by atoms with Gasteiger partial charge in [-0.1, -0.05) is 0 Å².